The summed E-state index contributed by atoms with van der Waals surface area (Å²) in [4.78, 5) is 14.4. The number of hydrogen-bond donors (Lipinski definition) is 10. The molecule has 3 fully saturated rings. The number of nitrogens with zero attached hydrogens (tertiary/aromatic N) is 1. The Hall–Kier alpha value is -1.54. The second-order valence-electron chi connectivity index (χ2n) is 13.4. The Morgan fingerprint density at radius 3 is 2.02 bits per heavy atom. The van der Waals surface area contributed by atoms with Gasteiger partial charge in [-0.2, -0.15) is 0 Å². The molecule has 0 radical (unpaired) electrons. The lowest BCUT2D eigenvalue weighted by Gasteiger charge is -2.49. The number of guanidine groups is 1. The Labute approximate surface area is 280 Å². The van der Waals surface area contributed by atoms with Crippen LogP contribution in [-0.4, -0.2) is 147 Å². The highest BCUT2D eigenvalue weighted by Crippen LogP contribution is 2.33. The van der Waals surface area contributed by atoms with E-state index in [9.17, 15) is 20.1 Å². The summed E-state index contributed by atoms with van der Waals surface area (Å²) < 4.78 is 24.7. The van der Waals surface area contributed by atoms with Crippen LogP contribution in [0.5, 0.6) is 0 Å². The first-order valence-electron chi connectivity index (χ1n) is 16.8. The average Bonchev–Trinajstić information content (AvgIpc) is 3.02. The first kappa shape index (κ1) is 41.6. The minimum Gasteiger partial charge on any atom is -0.388 e. The van der Waals surface area contributed by atoms with Gasteiger partial charge in [0.15, 0.2) is 18.5 Å². The number of aliphatic hydroxyl groups is 3. The molecule has 47 heavy (non-hydrogen) atoms. The zero-order valence-corrected chi connectivity index (χ0v) is 29.5. The van der Waals surface area contributed by atoms with Crippen LogP contribution in [0, 0.1) is 5.92 Å². The SMILES string of the molecule is CC(=O)[C@@H](N)CCCN=C(N)N.CNC1CC[C@H](C(C)C)O[C@@H]1O[C@H]1C(NC)C[C@@H](NC)[C@@H](O[C@H]2OC[C@](C)(O)[C@@H](NC)[C@H]2O)[C@H]1O. The molecule has 0 bridgehead atoms. The molecular weight excluding hydrogens is 612 g/mol. The van der Waals surface area contributed by atoms with Gasteiger partial charge in [0, 0.05) is 18.6 Å². The monoisotopic (exact) mass is 676 g/mol. The summed E-state index contributed by atoms with van der Waals surface area (Å²) in [6.45, 7) is 7.88. The highest BCUT2D eigenvalue weighted by Gasteiger charge is 2.51. The topological polar surface area (TPSA) is 253 Å². The summed E-state index contributed by atoms with van der Waals surface area (Å²) in [5.41, 5.74) is 14.4. The number of ether oxygens (including phenoxy) is 4. The Morgan fingerprint density at radius 2 is 1.53 bits per heavy atom. The van der Waals surface area contributed by atoms with Crippen LogP contribution in [0.1, 0.15) is 59.8 Å². The number of nitrogens with one attached hydrogen (secondary N) is 4. The summed E-state index contributed by atoms with van der Waals surface area (Å²) >= 11 is 0. The van der Waals surface area contributed by atoms with Gasteiger partial charge in [-0.3, -0.25) is 9.79 Å². The van der Waals surface area contributed by atoms with Gasteiger partial charge in [-0.1, -0.05) is 13.8 Å². The smallest absolute Gasteiger partial charge is 0.185 e. The van der Waals surface area contributed by atoms with Gasteiger partial charge in [-0.05, 0) is 80.1 Å². The molecule has 1 saturated carbocycles. The van der Waals surface area contributed by atoms with Crippen molar-refractivity contribution in [3.8, 4) is 0 Å². The molecule has 0 aromatic carbocycles. The fourth-order valence-corrected chi connectivity index (χ4v) is 6.43. The summed E-state index contributed by atoms with van der Waals surface area (Å²) in [5.74, 6) is 0.438. The van der Waals surface area contributed by atoms with Gasteiger partial charge < -0.3 is 72.7 Å². The largest absolute Gasteiger partial charge is 0.388 e. The average molecular weight is 677 g/mol. The zero-order valence-electron chi connectivity index (χ0n) is 29.5. The number of aliphatic imine (C=N–C) groups is 1. The molecule has 3 rings (SSSR count). The van der Waals surface area contributed by atoms with Gasteiger partial charge in [0.25, 0.3) is 0 Å². The maximum absolute atomic E-state index is 11.5. The molecule has 16 heteroatoms. The van der Waals surface area contributed by atoms with E-state index in [1.807, 2.05) is 21.1 Å². The van der Waals surface area contributed by atoms with Crippen molar-refractivity contribution in [3.63, 3.8) is 0 Å². The van der Waals surface area contributed by atoms with Crippen LogP contribution in [0.15, 0.2) is 4.99 Å². The molecule has 0 spiro atoms. The van der Waals surface area contributed by atoms with E-state index in [4.69, 9.17) is 36.1 Å². The van der Waals surface area contributed by atoms with Crippen LogP contribution >= 0.6 is 0 Å². The third kappa shape index (κ3) is 11.8. The fourth-order valence-electron chi connectivity index (χ4n) is 6.43. The maximum atomic E-state index is 11.5. The highest BCUT2D eigenvalue weighted by molar-refractivity contribution is 5.81. The number of rotatable bonds is 14. The standard InChI is InChI=1S/C24H48N4O7.C7H16N4O/c1-12(2)16-9-8-13(25-4)22(33-16)34-19-14(26-5)10-15(27-6)20(17(19)29)35-23-18(30)21(28-7)24(3,31)11-32-23;1-5(12)6(8)3-2-4-11-7(9)10/h12-23,25-31H,8-11H2,1-7H3;6H,2-4,8H2,1H3,(H4,9,10,11)/t13?,14?,15-,16-,17+,18-,19+,20-,21+,22-,23-,24+;6-/m10/s1. The molecule has 0 aromatic rings. The van der Waals surface area contributed by atoms with Gasteiger partial charge in [0.2, 0.25) is 0 Å². The predicted octanol–water partition coefficient (Wildman–Crippen LogP) is -2.54. The van der Waals surface area contributed by atoms with Crippen molar-refractivity contribution in [3.05, 3.63) is 0 Å². The summed E-state index contributed by atoms with van der Waals surface area (Å²) in [7, 11) is 7.23. The van der Waals surface area contributed by atoms with E-state index in [-0.39, 0.29) is 48.6 Å². The summed E-state index contributed by atoms with van der Waals surface area (Å²) in [6.07, 6.45) is -1.05. The van der Waals surface area contributed by atoms with Crippen LogP contribution < -0.4 is 38.5 Å². The lowest BCUT2D eigenvalue weighted by Crippen LogP contribution is -2.69. The Morgan fingerprint density at radius 1 is 0.957 bits per heavy atom. The normalized spacial score (nSPS) is 38.3. The summed E-state index contributed by atoms with van der Waals surface area (Å²) in [5, 5.41) is 45.7. The lowest BCUT2D eigenvalue weighted by atomic mass is 9.83. The molecular formula is C31H64N8O8. The first-order valence-corrected chi connectivity index (χ1v) is 16.8. The quantitative estimate of drug-likeness (QED) is 0.0517. The number of carbonyl (C=O) groups excluding carboxylic acids is 1. The molecule has 0 aromatic heterocycles. The first-order chi connectivity index (χ1) is 22.1. The minimum absolute atomic E-state index is 0.000278. The van der Waals surface area contributed by atoms with Crippen molar-refractivity contribution in [2.75, 3.05) is 41.3 Å². The van der Waals surface area contributed by atoms with E-state index < -0.39 is 48.6 Å². The van der Waals surface area contributed by atoms with E-state index in [1.54, 1.807) is 14.0 Å². The third-order valence-electron chi connectivity index (χ3n) is 9.44. The molecule has 2 aliphatic heterocycles. The van der Waals surface area contributed by atoms with Crippen molar-refractivity contribution in [1.29, 1.82) is 0 Å². The van der Waals surface area contributed by atoms with Crippen LogP contribution in [0.3, 0.4) is 0 Å². The van der Waals surface area contributed by atoms with Crippen molar-refractivity contribution in [2.45, 2.75) is 139 Å². The number of likely N-dealkylation sites (N-methyl/N-ethyl adjacent to an activating group) is 4. The van der Waals surface area contributed by atoms with Gasteiger partial charge in [-0.15, -0.1) is 0 Å². The van der Waals surface area contributed by atoms with Gasteiger partial charge in [-0.25, -0.2) is 0 Å². The molecule has 0 amide bonds. The van der Waals surface area contributed by atoms with E-state index in [0.717, 1.165) is 19.3 Å². The number of nitrogens with two attached hydrogens (primary N) is 3. The maximum Gasteiger partial charge on any atom is 0.185 e. The second kappa shape index (κ2) is 19.6. The Bertz CT molecular complexity index is 958. The number of carbonyl (C=O) groups is 1. The number of Topliss-reactive ketones (excluding diaryl/α,β-unsaturated/α-hetero) is 1. The molecule has 276 valence electrons. The molecule has 2 saturated heterocycles. The van der Waals surface area contributed by atoms with E-state index in [2.05, 4.69) is 40.1 Å². The Kier molecular flexibility index (Phi) is 17.4. The van der Waals surface area contributed by atoms with Crippen LogP contribution in [0.4, 0.5) is 0 Å². The molecule has 1 aliphatic carbocycles. The van der Waals surface area contributed by atoms with Crippen molar-refractivity contribution in [2.24, 2.45) is 28.1 Å². The second-order valence-corrected chi connectivity index (χ2v) is 13.4. The van der Waals surface area contributed by atoms with Crippen LogP contribution in [0.2, 0.25) is 0 Å². The molecule has 3 aliphatic rings. The van der Waals surface area contributed by atoms with Gasteiger partial charge in [0.1, 0.15) is 35.8 Å². The summed E-state index contributed by atoms with van der Waals surface area (Å²) in [6, 6.07) is -1.38. The molecule has 2 heterocycles. The number of ketones is 1. The van der Waals surface area contributed by atoms with E-state index in [0.29, 0.717) is 25.3 Å². The van der Waals surface area contributed by atoms with Crippen LogP contribution in [-0.2, 0) is 23.7 Å². The van der Waals surface area contributed by atoms with E-state index >= 15 is 0 Å². The van der Waals surface area contributed by atoms with Crippen molar-refractivity contribution in [1.82, 2.24) is 21.3 Å². The molecule has 2 unspecified atom stereocenters. The van der Waals surface area contributed by atoms with Crippen molar-refractivity contribution < 1.29 is 39.1 Å². The van der Waals surface area contributed by atoms with Gasteiger partial charge in [0.05, 0.1) is 30.8 Å². The zero-order chi connectivity index (χ0) is 35.5. The molecule has 16 nitrogen and oxygen atoms in total. The Balaban J connectivity index is 0.000000544. The fraction of sp³-hybridized carbons (Fsp3) is 0.935. The number of aliphatic hydroxyl groups excluding tert-OH is 2. The third-order valence-corrected chi connectivity index (χ3v) is 9.44. The predicted molar refractivity (Wildman–Crippen MR) is 179 cm³/mol. The number of hydrogen-bond acceptors (Lipinski definition) is 14. The van der Waals surface area contributed by atoms with Crippen LogP contribution in [0.25, 0.3) is 0 Å². The lowest BCUT2D eigenvalue weighted by molar-refractivity contribution is -0.310. The van der Waals surface area contributed by atoms with Crippen molar-refractivity contribution >= 4 is 11.7 Å². The molecule has 13 N–H and O–H groups in total. The molecule has 13 atom stereocenters. The highest BCUT2D eigenvalue weighted by atomic mass is 16.7. The van der Waals surface area contributed by atoms with Gasteiger partial charge >= 0.3 is 0 Å². The van der Waals surface area contributed by atoms with E-state index in [1.165, 1.54) is 6.92 Å². The minimum atomic E-state index is -1.25.